The Labute approximate surface area is 86.6 Å². The fraction of sp³-hybridized carbons (Fsp3) is 1.00. The molecular formula is C9H20O4S. The van der Waals surface area contributed by atoms with Crippen molar-refractivity contribution in [1.29, 1.82) is 0 Å². The molecule has 0 spiro atoms. The highest BCUT2D eigenvalue weighted by atomic mass is 32.3. The molecule has 0 aromatic rings. The van der Waals surface area contributed by atoms with Crippen molar-refractivity contribution >= 4 is 10.4 Å². The first-order valence-electron chi connectivity index (χ1n) is 4.86. The molecule has 0 aliphatic carbocycles. The van der Waals surface area contributed by atoms with E-state index >= 15 is 0 Å². The lowest BCUT2D eigenvalue weighted by Gasteiger charge is -2.19. The van der Waals surface area contributed by atoms with Gasteiger partial charge in [-0.25, -0.2) is 4.18 Å². The van der Waals surface area contributed by atoms with Crippen molar-refractivity contribution in [2.45, 2.75) is 46.6 Å². The number of hydrogen-bond donors (Lipinski definition) is 1. The maximum absolute atomic E-state index is 10.5. The fourth-order valence-corrected chi connectivity index (χ4v) is 1.90. The maximum atomic E-state index is 10.5. The third-order valence-electron chi connectivity index (χ3n) is 1.73. The van der Waals surface area contributed by atoms with Gasteiger partial charge in [-0.3, -0.25) is 4.55 Å². The number of hydrogen-bond acceptors (Lipinski definition) is 3. The summed E-state index contributed by atoms with van der Waals surface area (Å²) in [5.74, 6) is 0.695. The van der Waals surface area contributed by atoms with Gasteiger partial charge in [0.15, 0.2) is 0 Å². The minimum atomic E-state index is -4.31. The van der Waals surface area contributed by atoms with Gasteiger partial charge in [-0.05, 0) is 24.7 Å². The van der Waals surface area contributed by atoms with Gasteiger partial charge < -0.3 is 0 Å². The van der Waals surface area contributed by atoms with Gasteiger partial charge >= 0.3 is 10.4 Å². The first-order valence-corrected chi connectivity index (χ1v) is 6.23. The Hall–Kier alpha value is -0.130. The molecule has 0 saturated carbocycles. The van der Waals surface area contributed by atoms with Gasteiger partial charge in [-0.1, -0.05) is 27.7 Å². The molecule has 0 aromatic carbocycles. The monoisotopic (exact) mass is 224 g/mol. The van der Waals surface area contributed by atoms with Gasteiger partial charge in [0.25, 0.3) is 0 Å². The average molecular weight is 224 g/mol. The molecule has 5 heteroatoms. The topological polar surface area (TPSA) is 63.6 Å². The molecule has 0 atom stereocenters. The van der Waals surface area contributed by atoms with Crippen LogP contribution >= 0.6 is 0 Å². The molecule has 0 rings (SSSR count). The number of rotatable bonds is 6. The Kier molecular flexibility index (Phi) is 5.63. The molecule has 0 bridgehead atoms. The minimum Gasteiger partial charge on any atom is -0.264 e. The van der Waals surface area contributed by atoms with Crippen molar-refractivity contribution in [3.05, 3.63) is 0 Å². The van der Waals surface area contributed by atoms with Crippen LogP contribution in [0.5, 0.6) is 0 Å². The van der Waals surface area contributed by atoms with Gasteiger partial charge in [0, 0.05) is 0 Å². The predicted molar refractivity (Wildman–Crippen MR) is 55.3 cm³/mol. The highest BCUT2D eigenvalue weighted by molar-refractivity contribution is 7.80. The van der Waals surface area contributed by atoms with Crippen LogP contribution in [0.4, 0.5) is 0 Å². The maximum Gasteiger partial charge on any atom is 0.397 e. The van der Waals surface area contributed by atoms with E-state index in [9.17, 15) is 8.42 Å². The van der Waals surface area contributed by atoms with E-state index in [0.29, 0.717) is 24.7 Å². The van der Waals surface area contributed by atoms with E-state index in [1.54, 1.807) is 0 Å². The Balaban J connectivity index is 4.25. The van der Waals surface area contributed by atoms with Crippen molar-refractivity contribution in [2.24, 2.45) is 11.8 Å². The second kappa shape index (κ2) is 5.68. The molecule has 86 valence electrons. The summed E-state index contributed by atoms with van der Waals surface area (Å²) in [7, 11) is -4.31. The van der Waals surface area contributed by atoms with E-state index in [1.807, 2.05) is 27.7 Å². The predicted octanol–water partition coefficient (Wildman–Crippen LogP) is 2.27. The third-order valence-corrected chi connectivity index (χ3v) is 2.24. The standard InChI is InChI=1S/C9H20O4S/c1-7(2)5-9(6-8(3)4)13-14(10,11)12/h7-9H,5-6H2,1-4H3,(H,10,11,12). The van der Waals surface area contributed by atoms with Crippen LogP contribution in [-0.4, -0.2) is 19.1 Å². The Bertz CT molecular complexity index is 234. The van der Waals surface area contributed by atoms with Crippen molar-refractivity contribution < 1.29 is 17.2 Å². The Morgan fingerprint density at radius 3 is 1.64 bits per heavy atom. The summed E-state index contributed by atoms with van der Waals surface area (Å²) in [5, 5.41) is 0. The largest absolute Gasteiger partial charge is 0.397 e. The van der Waals surface area contributed by atoms with E-state index < -0.39 is 16.5 Å². The molecule has 0 aliphatic rings. The summed E-state index contributed by atoms with van der Waals surface area (Å²) in [6.07, 6.45) is 0.862. The van der Waals surface area contributed by atoms with E-state index in [4.69, 9.17) is 4.55 Å². The zero-order valence-electron chi connectivity index (χ0n) is 9.23. The Morgan fingerprint density at radius 1 is 1.07 bits per heavy atom. The molecule has 14 heavy (non-hydrogen) atoms. The van der Waals surface area contributed by atoms with Crippen molar-refractivity contribution in [3.8, 4) is 0 Å². The zero-order chi connectivity index (χ0) is 11.4. The summed E-state index contributed by atoms with van der Waals surface area (Å²) in [4.78, 5) is 0. The molecule has 0 aromatic heterocycles. The lowest BCUT2D eigenvalue weighted by molar-refractivity contribution is 0.138. The molecule has 0 radical (unpaired) electrons. The van der Waals surface area contributed by atoms with Gasteiger partial charge in [0.05, 0.1) is 6.10 Å². The van der Waals surface area contributed by atoms with Crippen LogP contribution in [0.3, 0.4) is 0 Å². The molecule has 4 nitrogen and oxygen atoms in total. The molecule has 0 unspecified atom stereocenters. The minimum absolute atomic E-state index is 0.348. The zero-order valence-corrected chi connectivity index (χ0v) is 10.0. The molecule has 0 aliphatic heterocycles. The normalized spacial score (nSPS) is 13.1. The van der Waals surface area contributed by atoms with Gasteiger partial charge in [0.1, 0.15) is 0 Å². The average Bonchev–Trinajstić information content (AvgIpc) is 1.77. The van der Waals surface area contributed by atoms with Crippen molar-refractivity contribution in [3.63, 3.8) is 0 Å². The molecule has 0 amide bonds. The van der Waals surface area contributed by atoms with Gasteiger partial charge in [-0.15, -0.1) is 0 Å². The third kappa shape index (κ3) is 8.47. The van der Waals surface area contributed by atoms with Crippen LogP contribution in [0.2, 0.25) is 0 Å². The fourth-order valence-electron chi connectivity index (χ4n) is 1.40. The van der Waals surface area contributed by atoms with E-state index in [2.05, 4.69) is 4.18 Å². The Morgan fingerprint density at radius 2 is 1.43 bits per heavy atom. The smallest absolute Gasteiger partial charge is 0.264 e. The first-order chi connectivity index (χ1) is 6.20. The van der Waals surface area contributed by atoms with E-state index in [1.165, 1.54) is 0 Å². The quantitative estimate of drug-likeness (QED) is 0.703. The summed E-state index contributed by atoms with van der Waals surface area (Å²) >= 11 is 0. The lowest BCUT2D eigenvalue weighted by Crippen LogP contribution is -2.21. The molecular weight excluding hydrogens is 204 g/mol. The summed E-state index contributed by atoms with van der Waals surface area (Å²) in [5.41, 5.74) is 0. The molecule has 0 fully saturated rings. The summed E-state index contributed by atoms with van der Waals surface area (Å²) in [6, 6.07) is 0. The van der Waals surface area contributed by atoms with Crippen LogP contribution in [0.1, 0.15) is 40.5 Å². The second-order valence-electron chi connectivity index (χ2n) is 4.41. The van der Waals surface area contributed by atoms with Crippen LogP contribution in [0, 0.1) is 11.8 Å². The van der Waals surface area contributed by atoms with Crippen molar-refractivity contribution in [2.75, 3.05) is 0 Å². The highest BCUT2D eigenvalue weighted by Crippen LogP contribution is 2.17. The van der Waals surface area contributed by atoms with Crippen LogP contribution in [0.15, 0.2) is 0 Å². The van der Waals surface area contributed by atoms with E-state index in [0.717, 1.165) is 0 Å². The van der Waals surface area contributed by atoms with Crippen molar-refractivity contribution in [1.82, 2.24) is 0 Å². The summed E-state index contributed by atoms with van der Waals surface area (Å²) in [6.45, 7) is 7.95. The van der Waals surface area contributed by atoms with Crippen LogP contribution < -0.4 is 0 Å². The van der Waals surface area contributed by atoms with Gasteiger partial charge in [-0.2, -0.15) is 8.42 Å². The van der Waals surface area contributed by atoms with Gasteiger partial charge in [0.2, 0.25) is 0 Å². The van der Waals surface area contributed by atoms with Crippen LogP contribution in [0.25, 0.3) is 0 Å². The molecule has 0 heterocycles. The molecule has 1 N–H and O–H groups in total. The lowest BCUT2D eigenvalue weighted by atomic mass is 9.98. The SMILES string of the molecule is CC(C)CC(CC(C)C)OS(=O)(=O)O. The van der Waals surface area contributed by atoms with Crippen LogP contribution in [-0.2, 0) is 14.6 Å². The summed E-state index contributed by atoms with van der Waals surface area (Å²) < 4.78 is 34.2. The first kappa shape index (κ1) is 13.9. The van der Waals surface area contributed by atoms with E-state index in [-0.39, 0.29) is 0 Å². The highest BCUT2D eigenvalue weighted by Gasteiger charge is 2.19. The second-order valence-corrected chi connectivity index (χ2v) is 5.45. The molecule has 0 saturated heterocycles.